The molecule has 2 atom stereocenters. The second kappa shape index (κ2) is 5.79. The Morgan fingerprint density at radius 2 is 2.25 bits per heavy atom. The van der Waals surface area contributed by atoms with Crippen LogP contribution in [0.15, 0.2) is 18.2 Å². The number of carbonyl (C=O) groups excluding carboxylic acids is 1. The lowest BCUT2D eigenvalue weighted by molar-refractivity contribution is -0.385. The van der Waals surface area contributed by atoms with Crippen LogP contribution in [0, 0.1) is 23.0 Å². The van der Waals surface area contributed by atoms with Gasteiger partial charge in [0.2, 0.25) is 0 Å². The van der Waals surface area contributed by atoms with Gasteiger partial charge in [0, 0.05) is 35.7 Å². The van der Waals surface area contributed by atoms with Gasteiger partial charge in [0.1, 0.15) is 0 Å². The first-order valence-electron chi connectivity index (χ1n) is 6.58. The molecule has 1 aromatic rings. The molecule has 1 amide bonds. The normalized spacial score (nSPS) is 22.1. The molecule has 0 aliphatic carbocycles. The van der Waals surface area contributed by atoms with E-state index < -0.39 is 4.92 Å². The zero-order valence-corrected chi connectivity index (χ0v) is 12.3. The SMILES string of the molecule is Cc1c(C(=O)N2CCC(C)C2CCl)cccc1[N+](=O)[O-]. The molecule has 1 aliphatic heterocycles. The van der Waals surface area contributed by atoms with Crippen LogP contribution in [0.5, 0.6) is 0 Å². The van der Waals surface area contributed by atoms with E-state index in [1.54, 1.807) is 24.0 Å². The van der Waals surface area contributed by atoms with Crippen molar-refractivity contribution in [2.75, 3.05) is 12.4 Å². The van der Waals surface area contributed by atoms with E-state index in [2.05, 4.69) is 6.92 Å². The number of rotatable bonds is 3. The molecular formula is C14H17ClN2O3. The van der Waals surface area contributed by atoms with Gasteiger partial charge in [-0.1, -0.05) is 13.0 Å². The fourth-order valence-electron chi connectivity index (χ4n) is 2.70. The molecule has 20 heavy (non-hydrogen) atoms. The van der Waals surface area contributed by atoms with Crippen LogP contribution in [-0.2, 0) is 0 Å². The average molecular weight is 297 g/mol. The lowest BCUT2D eigenvalue weighted by Gasteiger charge is -2.25. The molecule has 1 heterocycles. The van der Waals surface area contributed by atoms with Crippen LogP contribution in [0.3, 0.4) is 0 Å². The van der Waals surface area contributed by atoms with Gasteiger partial charge in [0.15, 0.2) is 0 Å². The highest BCUT2D eigenvalue weighted by Crippen LogP contribution is 2.29. The summed E-state index contributed by atoms with van der Waals surface area (Å²) >= 11 is 5.95. The molecule has 0 spiro atoms. The van der Waals surface area contributed by atoms with E-state index in [1.807, 2.05) is 0 Å². The molecule has 5 nitrogen and oxygen atoms in total. The van der Waals surface area contributed by atoms with Gasteiger partial charge in [-0.25, -0.2) is 0 Å². The van der Waals surface area contributed by atoms with Crippen molar-refractivity contribution in [3.63, 3.8) is 0 Å². The standard InChI is InChI=1S/C14H17ClN2O3/c1-9-6-7-16(13(9)8-15)14(18)11-4-3-5-12(10(11)2)17(19)20/h3-5,9,13H,6-8H2,1-2H3. The highest BCUT2D eigenvalue weighted by molar-refractivity contribution is 6.18. The van der Waals surface area contributed by atoms with E-state index in [0.717, 1.165) is 6.42 Å². The monoisotopic (exact) mass is 296 g/mol. The topological polar surface area (TPSA) is 63.5 Å². The Hall–Kier alpha value is -1.62. The minimum Gasteiger partial charge on any atom is -0.334 e. The van der Waals surface area contributed by atoms with Gasteiger partial charge >= 0.3 is 0 Å². The second-order valence-electron chi connectivity index (χ2n) is 5.19. The number of alkyl halides is 1. The van der Waals surface area contributed by atoms with Gasteiger partial charge in [-0.3, -0.25) is 14.9 Å². The fourth-order valence-corrected chi connectivity index (χ4v) is 3.17. The first-order valence-corrected chi connectivity index (χ1v) is 7.11. The maximum Gasteiger partial charge on any atom is 0.273 e. The minimum absolute atomic E-state index is 0.00262. The smallest absolute Gasteiger partial charge is 0.273 e. The highest BCUT2D eigenvalue weighted by atomic mass is 35.5. The average Bonchev–Trinajstić information content (AvgIpc) is 2.79. The number of hydrogen-bond donors (Lipinski definition) is 0. The van der Waals surface area contributed by atoms with Gasteiger partial charge in [0.05, 0.1) is 4.92 Å². The van der Waals surface area contributed by atoms with Crippen molar-refractivity contribution in [2.45, 2.75) is 26.3 Å². The maximum absolute atomic E-state index is 12.6. The first kappa shape index (κ1) is 14.8. The summed E-state index contributed by atoms with van der Waals surface area (Å²) in [7, 11) is 0. The van der Waals surface area contributed by atoms with Crippen LogP contribution in [0.4, 0.5) is 5.69 Å². The third-order valence-corrected chi connectivity index (χ3v) is 4.35. The number of nitrogens with zero attached hydrogens (tertiary/aromatic N) is 2. The van der Waals surface area contributed by atoms with Crippen LogP contribution in [0.25, 0.3) is 0 Å². The predicted molar refractivity (Wildman–Crippen MR) is 77.2 cm³/mol. The molecule has 1 fully saturated rings. The Morgan fingerprint density at radius 1 is 1.55 bits per heavy atom. The summed E-state index contributed by atoms with van der Waals surface area (Å²) in [5, 5.41) is 10.9. The number of carbonyl (C=O) groups is 1. The molecule has 108 valence electrons. The third kappa shape index (κ3) is 2.50. The fraction of sp³-hybridized carbons (Fsp3) is 0.500. The first-order chi connectivity index (χ1) is 9.47. The Morgan fingerprint density at radius 3 is 2.85 bits per heavy atom. The molecule has 6 heteroatoms. The van der Waals surface area contributed by atoms with E-state index in [0.29, 0.717) is 29.5 Å². The van der Waals surface area contributed by atoms with Gasteiger partial charge in [-0.2, -0.15) is 0 Å². The Bertz CT molecular complexity index is 547. The van der Waals surface area contributed by atoms with Crippen molar-refractivity contribution in [3.8, 4) is 0 Å². The maximum atomic E-state index is 12.6. The van der Waals surface area contributed by atoms with E-state index >= 15 is 0 Å². The molecule has 1 aliphatic rings. The number of likely N-dealkylation sites (tertiary alicyclic amines) is 1. The molecule has 1 saturated heterocycles. The van der Waals surface area contributed by atoms with Crippen molar-refractivity contribution in [3.05, 3.63) is 39.4 Å². The summed E-state index contributed by atoms with van der Waals surface area (Å²) in [4.78, 5) is 24.8. The van der Waals surface area contributed by atoms with Gasteiger partial charge in [-0.05, 0) is 25.3 Å². The molecule has 1 aromatic carbocycles. The van der Waals surface area contributed by atoms with Crippen LogP contribution in [0.2, 0.25) is 0 Å². The molecule has 0 aromatic heterocycles. The van der Waals surface area contributed by atoms with Crippen molar-refractivity contribution in [1.29, 1.82) is 0 Å². The van der Waals surface area contributed by atoms with Crippen LogP contribution >= 0.6 is 11.6 Å². The number of nitro groups is 1. The van der Waals surface area contributed by atoms with E-state index in [1.165, 1.54) is 6.07 Å². The summed E-state index contributed by atoms with van der Waals surface area (Å²) in [5.41, 5.74) is 0.782. The van der Waals surface area contributed by atoms with Crippen LogP contribution < -0.4 is 0 Å². The van der Waals surface area contributed by atoms with Crippen molar-refractivity contribution < 1.29 is 9.72 Å². The zero-order valence-electron chi connectivity index (χ0n) is 11.5. The van der Waals surface area contributed by atoms with E-state index in [-0.39, 0.29) is 17.6 Å². The number of nitro benzene ring substituents is 1. The second-order valence-corrected chi connectivity index (χ2v) is 5.50. The number of benzene rings is 1. The summed E-state index contributed by atoms with van der Waals surface area (Å²) < 4.78 is 0. The van der Waals surface area contributed by atoms with Gasteiger partial charge < -0.3 is 4.90 Å². The largest absolute Gasteiger partial charge is 0.334 e. The van der Waals surface area contributed by atoms with Crippen LogP contribution in [-0.4, -0.2) is 34.2 Å². The number of halogens is 1. The molecular weight excluding hydrogens is 280 g/mol. The van der Waals surface area contributed by atoms with Gasteiger partial charge in [-0.15, -0.1) is 11.6 Å². The molecule has 0 bridgehead atoms. The summed E-state index contributed by atoms with van der Waals surface area (Å²) in [6, 6.07) is 4.60. The zero-order chi connectivity index (χ0) is 14.9. The molecule has 0 saturated carbocycles. The molecule has 2 unspecified atom stereocenters. The third-order valence-electron chi connectivity index (χ3n) is 4.03. The predicted octanol–water partition coefficient (Wildman–Crippen LogP) is 2.99. The van der Waals surface area contributed by atoms with E-state index in [4.69, 9.17) is 11.6 Å². The minimum atomic E-state index is -0.461. The Kier molecular flexibility index (Phi) is 4.28. The molecule has 2 rings (SSSR count). The summed E-state index contributed by atoms with van der Waals surface area (Å²) in [5.74, 6) is 0.581. The summed E-state index contributed by atoms with van der Waals surface area (Å²) in [6.07, 6.45) is 0.914. The van der Waals surface area contributed by atoms with Crippen molar-refractivity contribution in [2.24, 2.45) is 5.92 Å². The lowest BCUT2D eigenvalue weighted by Crippen LogP contribution is -2.39. The van der Waals surface area contributed by atoms with Gasteiger partial charge in [0.25, 0.3) is 11.6 Å². The van der Waals surface area contributed by atoms with Crippen LogP contribution in [0.1, 0.15) is 29.3 Å². The Balaban J connectivity index is 2.35. The number of hydrogen-bond acceptors (Lipinski definition) is 3. The molecule has 0 N–H and O–H groups in total. The Labute approximate surface area is 122 Å². The highest BCUT2D eigenvalue weighted by Gasteiger charge is 2.35. The van der Waals surface area contributed by atoms with E-state index in [9.17, 15) is 14.9 Å². The summed E-state index contributed by atoms with van der Waals surface area (Å²) in [6.45, 7) is 4.33. The molecule has 0 radical (unpaired) electrons. The lowest BCUT2D eigenvalue weighted by atomic mass is 10.0. The number of amides is 1. The van der Waals surface area contributed by atoms with Crippen molar-refractivity contribution in [1.82, 2.24) is 4.90 Å². The van der Waals surface area contributed by atoms with Crippen molar-refractivity contribution >= 4 is 23.2 Å². The quantitative estimate of drug-likeness (QED) is 0.489.